The Balaban J connectivity index is 1.88. The summed E-state index contributed by atoms with van der Waals surface area (Å²) in [5.74, 6) is 1.07. The molecule has 1 aromatic carbocycles. The summed E-state index contributed by atoms with van der Waals surface area (Å²) in [7, 11) is 0. The van der Waals surface area contributed by atoms with Crippen LogP contribution in [0.1, 0.15) is 38.2 Å². The molecule has 2 heteroatoms. The zero-order valence-electron chi connectivity index (χ0n) is 13.3. The van der Waals surface area contributed by atoms with Crippen molar-refractivity contribution >= 4 is 0 Å². The number of piperidine rings is 1. The first-order valence-electron chi connectivity index (χ1n) is 8.53. The molecular weight excluding hydrogens is 270 g/mol. The van der Waals surface area contributed by atoms with Gasteiger partial charge in [-0.25, -0.2) is 0 Å². The van der Waals surface area contributed by atoms with Gasteiger partial charge in [-0.05, 0) is 61.4 Å². The minimum absolute atomic E-state index is 0.118. The highest BCUT2D eigenvalue weighted by atomic mass is 16.3. The average Bonchev–Trinajstić information content (AvgIpc) is 2.52. The SMILES string of the molecule is CC12C=C3C=CCCC3CC1(c1cccc(O)c1)CCNC2. The summed E-state index contributed by atoms with van der Waals surface area (Å²) in [6.07, 6.45) is 12.0. The molecule has 3 atom stereocenters. The molecule has 22 heavy (non-hydrogen) atoms. The van der Waals surface area contributed by atoms with Crippen LogP contribution in [0.25, 0.3) is 0 Å². The summed E-state index contributed by atoms with van der Waals surface area (Å²) in [6.45, 7) is 4.48. The zero-order chi connectivity index (χ0) is 15.2. The second-order valence-corrected chi connectivity index (χ2v) is 7.50. The first-order chi connectivity index (χ1) is 10.6. The summed E-state index contributed by atoms with van der Waals surface area (Å²) in [5.41, 5.74) is 3.12. The first-order valence-corrected chi connectivity index (χ1v) is 8.53. The minimum atomic E-state index is 0.118. The van der Waals surface area contributed by atoms with Crippen LogP contribution in [0.15, 0.2) is 48.1 Å². The van der Waals surface area contributed by atoms with Gasteiger partial charge in [0.2, 0.25) is 0 Å². The minimum Gasteiger partial charge on any atom is -0.508 e. The van der Waals surface area contributed by atoms with Crippen molar-refractivity contribution in [1.29, 1.82) is 0 Å². The summed E-state index contributed by atoms with van der Waals surface area (Å²) in [4.78, 5) is 0. The van der Waals surface area contributed by atoms with Crippen molar-refractivity contribution in [3.63, 3.8) is 0 Å². The van der Waals surface area contributed by atoms with E-state index < -0.39 is 0 Å². The largest absolute Gasteiger partial charge is 0.508 e. The Morgan fingerprint density at radius 1 is 1.32 bits per heavy atom. The Bertz CT molecular complexity index is 647. The molecule has 2 N–H and O–H groups in total. The number of phenolic OH excluding ortho intramolecular Hbond substituents is 1. The number of aromatic hydroxyl groups is 1. The molecule has 0 aromatic heterocycles. The molecule has 2 nitrogen and oxygen atoms in total. The lowest BCUT2D eigenvalue weighted by Crippen LogP contribution is -2.57. The van der Waals surface area contributed by atoms with E-state index in [-0.39, 0.29) is 10.8 Å². The Hall–Kier alpha value is -1.54. The highest BCUT2D eigenvalue weighted by Crippen LogP contribution is 2.57. The molecule has 1 aliphatic heterocycles. The quantitative estimate of drug-likeness (QED) is 0.823. The van der Waals surface area contributed by atoms with Crippen LogP contribution >= 0.6 is 0 Å². The number of benzene rings is 1. The topological polar surface area (TPSA) is 32.3 Å². The van der Waals surface area contributed by atoms with Crippen LogP contribution < -0.4 is 5.32 Å². The van der Waals surface area contributed by atoms with E-state index in [4.69, 9.17) is 0 Å². The van der Waals surface area contributed by atoms with E-state index in [1.807, 2.05) is 12.1 Å². The van der Waals surface area contributed by atoms with Crippen LogP contribution in [0.4, 0.5) is 0 Å². The third-order valence-corrected chi connectivity index (χ3v) is 6.26. The number of rotatable bonds is 1. The lowest BCUT2D eigenvalue weighted by Gasteiger charge is -2.56. The second kappa shape index (κ2) is 4.99. The van der Waals surface area contributed by atoms with E-state index >= 15 is 0 Å². The molecule has 4 rings (SSSR count). The van der Waals surface area contributed by atoms with Gasteiger partial charge in [-0.15, -0.1) is 0 Å². The monoisotopic (exact) mass is 295 g/mol. The Labute approximate surface area is 132 Å². The number of hydrogen-bond acceptors (Lipinski definition) is 2. The van der Waals surface area contributed by atoms with Crippen molar-refractivity contribution in [1.82, 2.24) is 5.32 Å². The van der Waals surface area contributed by atoms with E-state index in [2.05, 4.69) is 36.5 Å². The number of hydrogen-bond donors (Lipinski definition) is 2. The fourth-order valence-electron chi connectivity index (χ4n) is 5.02. The van der Waals surface area contributed by atoms with Crippen LogP contribution in [-0.4, -0.2) is 18.2 Å². The van der Waals surface area contributed by atoms with Crippen LogP contribution in [0.2, 0.25) is 0 Å². The number of nitrogens with one attached hydrogen (secondary N) is 1. The smallest absolute Gasteiger partial charge is 0.115 e. The van der Waals surface area contributed by atoms with Gasteiger partial charge in [-0.2, -0.15) is 0 Å². The number of phenols is 1. The highest BCUT2D eigenvalue weighted by Gasteiger charge is 2.53. The van der Waals surface area contributed by atoms with Crippen LogP contribution in [0, 0.1) is 11.3 Å². The molecular formula is C20H25NO. The number of allylic oxidation sites excluding steroid dienone is 3. The van der Waals surface area contributed by atoms with E-state index in [1.165, 1.54) is 30.4 Å². The zero-order valence-corrected chi connectivity index (χ0v) is 13.3. The van der Waals surface area contributed by atoms with E-state index in [1.54, 1.807) is 6.07 Å². The normalized spacial score (nSPS) is 37.1. The maximum atomic E-state index is 10.0. The standard InChI is InChI=1S/C20H25NO/c1-19-12-15-5-2-3-6-16(15)13-20(19,9-10-21-14-19)17-7-4-8-18(22)11-17/h2,4-5,7-8,11-12,16,21-22H,3,6,9-10,13-14H2,1H3. The molecule has 1 saturated heterocycles. The lowest BCUT2D eigenvalue weighted by molar-refractivity contribution is 0.0965. The van der Waals surface area contributed by atoms with Gasteiger partial charge in [0.1, 0.15) is 5.75 Å². The van der Waals surface area contributed by atoms with Gasteiger partial charge in [0, 0.05) is 17.4 Å². The van der Waals surface area contributed by atoms with E-state index in [0.717, 1.165) is 19.5 Å². The summed E-state index contributed by atoms with van der Waals surface area (Å²) in [6, 6.07) is 8.01. The molecule has 0 saturated carbocycles. The van der Waals surface area contributed by atoms with Gasteiger partial charge in [0.15, 0.2) is 0 Å². The van der Waals surface area contributed by atoms with Crippen molar-refractivity contribution in [3.8, 4) is 5.75 Å². The van der Waals surface area contributed by atoms with Gasteiger partial charge in [0.25, 0.3) is 0 Å². The van der Waals surface area contributed by atoms with Crippen molar-refractivity contribution in [2.75, 3.05) is 13.1 Å². The van der Waals surface area contributed by atoms with Crippen molar-refractivity contribution in [3.05, 3.63) is 53.6 Å². The average molecular weight is 295 g/mol. The molecule has 1 fully saturated rings. The molecule has 3 unspecified atom stereocenters. The summed E-state index contributed by atoms with van der Waals surface area (Å²) >= 11 is 0. The molecule has 0 radical (unpaired) electrons. The predicted octanol–water partition coefficient (Wildman–Crippen LogP) is 3.93. The van der Waals surface area contributed by atoms with Gasteiger partial charge in [0.05, 0.1) is 0 Å². The summed E-state index contributed by atoms with van der Waals surface area (Å²) < 4.78 is 0. The third-order valence-electron chi connectivity index (χ3n) is 6.26. The fourth-order valence-corrected chi connectivity index (χ4v) is 5.02. The molecule has 0 bridgehead atoms. The first kappa shape index (κ1) is 14.1. The molecule has 2 aliphatic carbocycles. The Morgan fingerprint density at radius 3 is 3.09 bits per heavy atom. The number of fused-ring (bicyclic) bond motifs is 2. The van der Waals surface area contributed by atoms with Crippen molar-refractivity contribution in [2.24, 2.45) is 11.3 Å². The van der Waals surface area contributed by atoms with Crippen molar-refractivity contribution in [2.45, 2.75) is 38.0 Å². The molecule has 0 spiro atoms. The fraction of sp³-hybridized carbons (Fsp3) is 0.500. The van der Waals surface area contributed by atoms with Crippen LogP contribution in [0.5, 0.6) is 5.75 Å². The van der Waals surface area contributed by atoms with E-state index in [0.29, 0.717) is 11.7 Å². The Kier molecular flexibility index (Phi) is 3.19. The second-order valence-electron chi connectivity index (χ2n) is 7.50. The molecule has 0 amide bonds. The highest BCUT2D eigenvalue weighted by molar-refractivity contribution is 5.43. The lowest BCUT2D eigenvalue weighted by atomic mass is 9.50. The van der Waals surface area contributed by atoms with E-state index in [9.17, 15) is 5.11 Å². The molecule has 1 heterocycles. The maximum absolute atomic E-state index is 10.0. The molecule has 3 aliphatic rings. The van der Waals surface area contributed by atoms with Crippen LogP contribution in [-0.2, 0) is 5.41 Å². The third kappa shape index (κ3) is 1.97. The van der Waals surface area contributed by atoms with Gasteiger partial charge >= 0.3 is 0 Å². The summed E-state index contributed by atoms with van der Waals surface area (Å²) in [5, 5.41) is 13.6. The molecule has 116 valence electrons. The van der Waals surface area contributed by atoms with Crippen LogP contribution in [0.3, 0.4) is 0 Å². The van der Waals surface area contributed by atoms with Gasteiger partial charge < -0.3 is 10.4 Å². The molecule has 1 aromatic rings. The van der Waals surface area contributed by atoms with Crippen molar-refractivity contribution < 1.29 is 5.11 Å². The van der Waals surface area contributed by atoms with Gasteiger partial charge in [-0.3, -0.25) is 0 Å². The Morgan fingerprint density at radius 2 is 2.23 bits per heavy atom. The van der Waals surface area contributed by atoms with Gasteiger partial charge in [-0.1, -0.05) is 37.3 Å². The maximum Gasteiger partial charge on any atom is 0.115 e. The predicted molar refractivity (Wildman–Crippen MR) is 89.9 cm³/mol.